The van der Waals surface area contributed by atoms with Gasteiger partial charge in [-0.05, 0) is 22.0 Å². The van der Waals surface area contributed by atoms with Gasteiger partial charge < -0.3 is 9.30 Å². The van der Waals surface area contributed by atoms with Crippen molar-refractivity contribution in [1.82, 2.24) is 14.5 Å². The van der Waals surface area contributed by atoms with Gasteiger partial charge in [0, 0.05) is 26.4 Å². The van der Waals surface area contributed by atoms with E-state index in [0.717, 1.165) is 34.0 Å². The zero-order valence-electron chi connectivity index (χ0n) is 12.2. The van der Waals surface area contributed by atoms with Gasteiger partial charge in [-0.3, -0.25) is 0 Å². The Labute approximate surface area is 129 Å². The number of ether oxygens (including phenoxy) is 1. The molecule has 0 spiro atoms. The maximum atomic E-state index is 5.78. The molecule has 0 aromatic carbocycles. The molecular formula is C14H20BrN3OSi. The maximum absolute atomic E-state index is 5.78. The van der Waals surface area contributed by atoms with Crippen LogP contribution in [0.1, 0.15) is 5.56 Å². The Hall–Kier alpha value is -0.983. The molecule has 2 rings (SSSR count). The summed E-state index contributed by atoms with van der Waals surface area (Å²) in [4.78, 5) is 8.86. The number of rotatable bonds is 6. The van der Waals surface area contributed by atoms with Crippen molar-refractivity contribution in [3.05, 3.63) is 29.1 Å². The normalized spacial score (nSPS) is 12.0. The molecule has 0 saturated carbocycles. The molecule has 108 valence electrons. The molecular weight excluding hydrogens is 334 g/mol. The number of nitrogens with zero attached hydrogens (tertiary/aromatic N) is 3. The Bertz CT molecular complexity index is 619. The van der Waals surface area contributed by atoms with Crippen molar-refractivity contribution in [2.45, 2.75) is 32.4 Å². The lowest BCUT2D eigenvalue weighted by Gasteiger charge is -2.15. The molecule has 0 fully saturated rings. The van der Waals surface area contributed by atoms with E-state index in [-0.39, 0.29) is 0 Å². The highest BCUT2D eigenvalue weighted by molar-refractivity contribution is 9.10. The molecule has 0 radical (unpaired) electrons. The summed E-state index contributed by atoms with van der Waals surface area (Å²) in [6.07, 6.45) is 5.48. The topological polar surface area (TPSA) is 39.9 Å². The number of halogens is 1. The van der Waals surface area contributed by atoms with Gasteiger partial charge in [-0.1, -0.05) is 32.3 Å². The van der Waals surface area contributed by atoms with Crippen molar-refractivity contribution in [2.24, 2.45) is 0 Å². The lowest BCUT2D eigenvalue weighted by atomic mass is 10.3. The van der Waals surface area contributed by atoms with Crippen LogP contribution in [0.5, 0.6) is 0 Å². The molecule has 0 aliphatic rings. The average molecular weight is 354 g/mol. The van der Waals surface area contributed by atoms with E-state index in [2.05, 4.69) is 52.1 Å². The van der Waals surface area contributed by atoms with Crippen LogP contribution in [0.4, 0.5) is 0 Å². The zero-order valence-corrected chi connectivity index (χ0v) is 14.8. The van der Waals surface area contributed by atoms with E-state index >= 15 is 0 Å². The van der Waals surface area contributed by atoms with E-state index < -0.39 is 8.07 Å². The lowest BCUT2D eigenvalue weighted by molar-refractivity contribution is 0.0898. The Morgan fingerprint density at radius 1 is 1.45 bits per heavy atom. The molecule has 0 saturated heterocycles. The second-order valence-corrected chi connectivity index (χ2v) is 12.4. The molecule has 2 aromatic heterocycles. The fourth-order valence-corrected chi connectivity index (χ4v) is 2.88. The Balaban J connectivity index is 2.12. The first-order valence-electron chi connectivity index (χ1n) is 6.62. The monoisotopic (exact) mass is 353 g/mol. The van der Waals surface area contributed by atoms with Crippen LogP contribution in [-0.4, -0.2) is 29.2 Å². The SMILES string of the molecule is C=Cc1cn(COCC[Si](C)(C)C)c2ncc(Br)nc12. The van der Waals surface area contributed by atoms with E-state index in [1.54, 1.807) is 12.3 Å². The second-order valence-electron chi connectivity index (χ2n) is 5.97. The van der Waals surface area contributed by atoms with E-state index in [0.29, 0.717) is 6.73 Å². The van der Waals surface area contributed by atoms with Crippen LogP contribution in [0.15, 0.2) is 23.6 Å². The van der Waals surface area contributed by atoms with E-state index in [1.165, 1.54) is 0 Å². The van der Waals surface area contributed by atoms with Crippen LogP contribution in [-0.2, 0) is 11.5 Å². The summed E-state index contributed by atoms with van der Waals surface area (Å²) in [5.74, 6) is 0. The van der Waals surface area contributed by atoms with E-state index in [4.69, 9.17) is 4.74 Å². The minimum Gasteiger partial charge on any atom is -0.361 e. The summed E-state index contributed by atoms with van der Waals surface area (Å²) in [7, 11) is -1.04. The van der Waals surface area contributed by atoms with Gasteiger partial charge >= 0.3 is 0 Å². The molecule has 0 atom stereocenters. The molecule has 0 N–H and O–H groups in total. The first kappa shape index (κ1) is 15.4. The standard InChI is InChI=1S/C14H20BrN3OSi/c1-5-11-9-18(10-19-6-7-20(2,3)4)14-13(11)17-12(15)8-16-14/h5,8-9H,1,6-7,10H2,2-4H3. The van der Waals surface area contributed by atoms with Crippen molar-refractivity contribution in [3.63, 3.8) is 0 Å². The number of aromatic nitrogens is 3. The molecule has 0 aliphatic heterocycles. The maximum Gasteiger partial charge on any atom is 0.161 e. The minimum absolute atomic E-state index is 0.505. The summed E-state index contributed by atoms with van der Waals surface area (Å²) in [6, 6.07) is 1.16. The van der Waals surface area contributed by atoms with Gasteiger partial charge in [0.2, 0.25) is 0 Å². The molecule has 6 heteroatoms. The van der Waals surface area contributed by atoms with Crippen molar-refractivity contribution < 1.29 is 4.74 Å². The quantitative estimate of drug-likeness (QED) is 0.578. The third kappa shape index (κ3) is 3.77. The second kappa shape index (κ2) is 6.20. The van der Waals surface area contributed by atoms with Crippen molar-refractivity contribution in [3.8, 4) is 0 Å². The summed E-state index contributed by atoms with van der Waals surface area (Å²) in [5.41, 5.74) is 2.65. The van der Waals surface area contributed by atoms with Crippen molar-refractivity contribution >= 4 is 41.2 Å². The number of hydrogen-bond donors (Lipinski definition) is 0. The number of hydrogen-bond acceptors (Lipinski definition) is 3. The molecule has 0 aliphatic carbocycles. The van der Waals surface area contributed by atoms with Crippen LogP contribution < -0.4 is 0 Å². The van der Waals surface area contributed by atoms with Gasteiger partial charge in [-0.25, -0.2) is 9.97 Å². The first-order valence-corrected chi connectivity index (χ1v) is 11.1. The third-order valence-electron chi connectivity index (χ3n) is 3.01. The smallest absolute Gasteiger partial charge is 0.161 e. The lowest BCUT2D eigenvalue weighted by Crippen LogP contribution is -2.22. The summed E-state index contributed by atoms with van der Waals surface area (Å²) < 4.78 is 8.49. The highest BCUT2D eigenvalue weighted by atomic mass is 79.9. The molecule has 4 nitrogen and oxygen atoms in total. The third-order valence-corrected chi connectivity index (χ3v) is 5.10. The van der Waals surface area contributed by atoms with Crippen LogP contribution in [0.3, 0.4) is 0 Å². The highest BCUT2D eigenvalue weighted by Crippen LogP contribution is 2.20. The van der Waals surface area contributed by atoms with Gasteiger partial charge in [0.25, 0.3) is 0 Å². The number of fused-ring (bicyclic) bond motifs is 1. The molecule has 0 unspecified atom stereocenters. The fourth-order valence-electron chi connectivity index (χ4n) is 1.84. The van der Waals surface area contributed by atoms with Crippen LogP contribution in [0.2, 0.25) is 25.7 Å². The van der Waals surface area contributed by atoms with E-state index in [1.807, 2.05) is 10.8 Å². The highest BCUT2D eigenvalue weighted by Gasteiger charge is 2.13. The van der Waals surface area contributed by atoms with Gasteiger partial charge in [0.1, 0.15) is 16.9 Å². The fraction of sp³-hybridized carbons (Fsp3) is 0.429. The zero-order chi connectivity index (χ0) is 14.8. The molecule has 2 heterocycles. The van der Waals surface area contributed by atoms with Crippen molar-refractivity contribution in [1.29, 1.82) is 0 Å². The molecule has 20 heavy (non-hydrogen) atoms. The Morgan fingerprint density at radius 3 is 2.85 bits per heavy atom. The largest absolute Gasteiger partial charge is 0.361 e. The van der Waals surface area contributed by atoms with Crippen LogP contribution >= 0.6 is 15.9 Å². The predicted octanol–water partition coefficient (Wildman–Crippen LogP) is 4.15. The summed E-state index contributed by atoms with van der Waals surface area (Å²) >= 11 is 3.35. The molecule has 2 aromatic rings. The molecule has 0 bridgehead atoms. The van der Waals surface area contributed by atoms with Gasteiger partial charge in [0.15, 0.2) is 5.65 Å². The van der Waals surface area contributed by atoms with Crippen LogP contribution in [0.25, 0.3) is 17.2 Å². The van der Waals surface area contributed by atoms with Gasteiger partial charge in [0.05, 0.1) is 6.20 Å². The Morgan fingerprint density at radius 2 is 2.20 bits per heavy atom. The predicted molar refractivity (Wildman–Crippen MR) is 89.4 cm³/mol. The Kier molecular flexibility index (Phi) is 4.77. The van der Waals surface area contributed by atoms with Gasteiger partial charge in [-0.15, -0.1) is 0 Å². The summed E-state index contributed by atoms with van der Waals surface area (Å²) in [5, 5.41) is 0. The van der Waals surface area contributed by atoms with Crippen LogP contribution in [0, 0.1) is 0 Å². The molecule has 0 amide bonds. The first-order chi connectivity index (χ1) is 9.40. The van der Waals surface area contributed by atoms with E-state index in [9.17, 15) is 0 Å². The minimum atomic E-state index is -1.04. The van der Waals surface area contributed by atoms with Crippen molar-refractivity contribution in [2.75, 3.05) is 6.61 Å². The summed E-state index contributed by atoms with van der Waals surface area (Å²) in [6.45, 7) is 12.2. The van der Waals surface area contributed by atoms with Gasteiger partial charge in [-0.2, -0.15) is 0 Å². The average Bonchev–Trinajstić information content (AvgIpc) is 2.71.